The van der Waals surface area contributed by atoms with Crippen molar-refractivity contribution in [2.75, 3.05) is 0 Å². The zero-order chi connectivity index (χ0) is 7.56. The van der Waals surface area contributed by atoms with E-state index in [1.165, 1.54) is 0 Å². The summed E-state index contributed by atoms with van der Waals surface area (Å²) in [6, 6.07) is 2.04. The maximum Gasteiger partial charge on any atom is 0.137 e. The second-order valence-corrected chi connectivity index (χ2v) is 2.51. The van der Waals surface area contributed by atoms with Gasteiger partial charge in [-0.3, -0.25) is 0 Å². The van der Waals surface area contributed by atoms with Crippen LogP contribution in [0.5, 0.6) is 0 Å². The molecule has 1 aliphatic rings. The van der Waals surface area contributed by atoms with Gasteiger partial charge in [0.05, 0.1) is 11.6 Å². The molecule has 1 atom stereocenters. The molecule has 1 rings (SSSR count). The molecule has 10 heavy (non-hydrogen) atoms. The third kappa shape index (κ3) is 1.14. The summed E-state index contributed by atoms with van der Waals surface area (Å²) in [6.07, 6.45) is 3.57. The second kappa shape index (κ2) is 2.76. The van der Waals surface area contributed by atoms with E-state index in [2.05, 4.69) is 5.32 Å². The molecule has 0 aromatic carbocycles. The van der Waals surface area contributed by atoms with Gasteiger partial charge in [0.25, 0.3) is 0 Å². The quantitative estimate of drug-likeness (QED) is 0.424. The first-order chi connectivity index (χ1) is 4.75. The van der Waals surface area contributed by atoms with Crippen molar-refractivity contribution in [2.24, 2.45) is 0 Å². The van der Waals surface area contributed by atoms with Gasteiger partial charge in [-0.2, -0.15) is 5.26 Å². The first-order valence-corrected chi connectivity index (χ1v) is 3.37. The van der Waals surface area contributed by atoms with E-state index in [-0.39, 0.29) is 5.50 Å². The van der Waals surface area contributed by atoms with Crippen LogP contribution in [-0.2, 0) is 0 Å². The number of nitrogens with one attached hydrogen (secondary N) is 1. The van der Waals surface area contributed by atoms with E-state index in [0.717, 1.165) is 5.57 Å². The Bertz CT molecular complexity index is 234. The average Bonchev–Trinajstić information content (AvgIpc) is 1.88. The molecule has 1 N–H and O–H groups in total. The lowest BCUT2D eigenvalue weighted by Crippen LogP contribution is -2.23. The summed E-state index contributed by atoms with van der Waals surface area (Å²) in [5.74, 6) is 0. The van der Waals surface area contributed by atoms with Crippen LogP contribution in [0, 0.1) is 11.3 Å². The Labute approximate surface area is 64.8 Å². The molecule has 0 spiro atoms. The highest BCUT2D eigenvalue weighted by Gasteiger charge is 2.13. The monoisotopic (exact) mass is 154 g/mol. The van der Waals surface area contributed by atoms with Crippen molar-refractivity contribution in [3.8, 4) is 6.07 Å². The van der Waals surface area contributed by atoms with Crippen molar-refractivity contribution in [3.63, 3.8) is 0 Å². The van der Waals surface area contributed by atoms with E-state index in [1.807, 2.05) is 19.1 Å². The van der Waals surface area contributed by atoms with Crippen LogP contribution in [0.4, 0.5) is 0 Å². The Morgan fingerprint density at radius 3 is 2.90 bits per heavy atom. The van der Waals surface area contributed by atoms with Gasteiger partial charge in [0.2, 0.25) is 0 Å². The van der Waals surface area contributed by atoms with Gasteiger partial charge in [-0.05, 0) is 24.8 Å². The Balaban J connectivity index is 2.97. The molecule has 0 saturated heterocycles. The highest BCUT2D eigenvalue weighted by Crippen LogP contribution is 2.15. The summed E-state index contributed by atoms with van der Waals surface area (Å²) in [5, 5.41) is 11.4. The van der Waals surface area contributed by atoms with Crippen molar-refractivity contribution >= 4 is 11.6 Å². The summed E-state index contributed by atoms with van der Waals surface area (Å²) in [7, 11) is 0. The average molecular weight is 155 g/mol. The lowest BCUT2D eigenvalue weighted by atomic mass is 10.1. The van der Waals surface area contributed by atoms with Crippen molar-refractivity contribution in [1.29, 1.82) is 5.26 Å². The van der Waals surface area contributed by atoms with Gasteiger partial charge in [-0.1, -0.05) is 11.6 Å². The standard InChI is InChI=1S/C7H7ClN2/c1-5-2-3-10-7(8)6(5)4-9/h2-3,7,10H,1H3. The second-order valence-electron chi connectivity index (χ2n) is 2.07. The first kappa shape index (κ1) is 7.17. The van der Waals surface area contributed by atoms with Crippen LogP contribution in [0.25, 0.3) is 0 Å². The molecule has 1 aliphatic heterocycles. The smallest absolute Gasteiger partial charge is 0.137 e. The van der Waals surface area contributed by atoms with Gasteiger partial charge in [0.15, 0.2) is 0 Å². The Kier molecular flexibility index (Phi) is 1.98. The van der Waals surface area contributed by atoms with Gasteiger partial charge < -0.3 is 5.32 Å². The minimum atomic E-state index is -0.352. The maximum absolute atomic E-state index is 8.57. The molecule has 0 aliphatic carbocycles. The fourth-order valence-corrected chi connectivity index (χ4v) is 1.07. The molecule has 1 heterocycles. The molecular formula is C7H7ClN2. The van der Waals surface area contributed by atoms with Crippen molar-refractivity contribution in [3.05, 3.63) is 23.4 Å². The van der Waals surface area contributed by atoms with Gasteiger partial charge in [0, 0.05) is 0 Å². The summed E-state index contributed by atoms with van der Waals surface area (Å²) >= 11 is 5.73. The minimum Gasteiger partial charge on any atom is -0.371 e. The molecule has 3 heteroatoms. The van der Waals surface area contributed by atoms with Gasteiger partial charge in [-0.15, -0.1) is 0 Å². The molecule has 2 nitrogen and oxygen atoms in total. The largest absolute Gasteiger partial charge is 0.371 e. The summed E-state index contributed by atoms with van der Waals surface area (Å²) in [4.78, 5) is 0. The molecule has 0 saturated carbocycles. The highest BCUT2D eigenvalue weighted by molar-refractivity contribution is 6.22. The predicted molar refractivity (Wildman–Crippen MR) is 40.2 cm³/mol. The third-order valence-corrected chi connectivity index (χ3v) is 1.72. The number of dihydropyridines is 1. The number of hydrogen-bond donors (Lipinski definition) is 1. The summed E-state index contributed by atoms with van der Waals surface area (Å²) in [5.41, 5.74) is 1.18. The molecule has 1 unspecified atom stereocenters. The number of rotatable bonds is 0. The Morgan fingerprint density at radius 1 is 1.80 bits per heavy atom. The van der Waals surface area contributed by atoms with E-state index in [1.54, 1.807) is 6.20 Å². The summed E-state index contributed by atoms with van der Waals surface area (Å²) in [6.45, 7) is 1.87. The normalized spacial score (nSPS) is 23.9. The highest BCUT2D eigenvalue weighted by atomic mass is 35.5. The van der Waals surface area contributed by atoms with Crippen LogP contribution in [0.1, 0.15) is 6.92 Å². The van der Waals surface area contributed by atoms with Crippen LogP contribution in [0.3, 0.4) is 0 Å². The number of nitriles is 1. The minimum absolute atomic E-state index is 0.352. The molecule has 0 aromatic rings. The van der Waals surface area contributed by atoms with Gasteiger partial charge in [-0.25, -0.2) is 0 Å². The first-order valence-electron chi connectivity index (χ1n) is 2.93. The Morgan fingerprint density at radius 2 is 2.50 bits per heavy atom. The molecular weight excluding hydrogens is 148 g/mol. The van der Waals surface area contributed by atoms with Crippen LogP contribution in [-0.4, -0.2) is 5.50 Å². The van der Waals surface area contributed by atoms with Gasteiger partial charge >= 0.3 is 0 Å². The maximum atomic E-state index is 8.57. The zero-order valence-corrected chi connectivity index (χ0v) is 6.31. The molecule has 0 fully saturated rings. The van der Waals surface area contributed by atoms with Crippen LogP contribution < -0.4 is 5.32 Å². The SMILES string of the molecule is CC1=C(C#N)C(Cl)NC=C1. The summed E-state index contributed by atoms with van der Waals surface area (Å²) < 4.78 is 0. The van der Waals surface area contributed by atoms with Crippen molar-refractivity contribution in [1.82, 2.24) is 5.32 Å². The fraction of sp³-hybridized carbons (Fsp3) is 0.286. The van der Waals surface area contributed by atoms with E-state index < -0.39 is 0 Å². The van der Waals surface area contributed by atoms with E-state index >= 15 is 0 Å². The Hall–Kier alpha value is -0.940. The predicted octanol–water partition coefficient (Wildman–Crippen LogP) is 1.51. The number of nitrogens with zero attached hydrogens (tertiary/aromatic N) is 1. The number of hydrogen-bond acceptors (Lipinski definition) is 2. The zero-order valence-electron chi connectivity index (χ0n) is 5.56. The fourth-order valence-electron chi connectivity index (χ4n) is 0.775. The van der Waals surface area contributed by atoms with E-state index in [9.17, 15) is 0 Å². The lowest BCUT2D eigenvalue weighted by Gasteiger charge is -2.14. The molecule has 0 bridgehead atoms. The van der Waals surface area contributed by atoms with Gasteiger partial charge in [0.1, 0.15) is 5.50 Å². The van der Waals surface area contributed by atoms with Crippen LogP contribution in [0.2, 0.25) is 0 Å². The molecule has 0 radical (unpaired) electrons. The van der Waals surface area contributed by atoms with Crippen molar-refractivity contribution < 1.29 is 0 Å². The van der Waals surface area contributed by atoms with E-state index in [0.29, 0.717) is 5.57 Å². The van der Waals surface area contributed by atoms with Crippen LogP contribution >= 0.6 is 11.6 Å². The molecule has 52 valence electrons. The topological polar surface area (TPSA) is 35.8 Å². The number of halogens is 1. The number of alkyl halides is 1. The van der Waals surface area contributed by atoms with Crippen molar-refractivity contribution in [2.45, 2.75) is 12.4 Å². The van der Waals surface area contributed by atoms with E-state index in [4.69, 9.17) is 16.9 Å². The lowest BCUT2D eigenvalue weighted by molar-refractivity contribution is 0.860. The third-order valence-electron chi connectivity index (χ3n) is 1.37. The molecule has 0 aromatic heterocycles. The van der Waals surface area contributed by atoms with Crippen LogP contribution in [0.15, 0.2) is 23.4 Å². The molecule has 0 amide bonds. The number of allylic oxidation sites excluding steroid dienone is 2.